The van der Waals surface area contributed by atoms with Crippen molar-refractivity contribution in [2.75, 3.05) is 17.5 Å². The highest BCUT2D eigenvalue weighted by molar-refractivity contribution is 7.93. The highest BCUT2D eigenvalue weighted by Crippen LogP contribution is 2.38. The number of carbonyl (C=O) groups is 2. The summed E-state index contributed by atoms with van der Waals surface area (Å²) in [5.41, 5.74) is 1.52. The number of hydrogen-bond acceptors (Lipinski definition) is 7. The number of aliphatic carboxylic acids is 1. The Balaban J connectivity index is 1.27. The van der Waals surface area contributed by atoms with Gasteiger partial charge in [0.05, 0.1) is 34.8 Å². The lowest BCUT2D eigenvalue weighted by atomic mass is 9.79. The van der Waals surface area contributed by atoms with E-state index < -0.39 is 46.3 Å². The first-order valence-corrected chi connectivity index (χ1v) is 15.5. The van der Waals surface area contributed by atoms with Crippen molar-refractivity contribution in [1.82, 2.24) is 5.32 Å². The van der Waals surface area contributed by atoms with Crippen LogP contribution < -0.4 is 19.8 Å². The zero-order valence-electron chi connectivity index (χ0n) is 24.6. The number of carboxylic acids is 1. The molecular formula is C31H35BN2O8S. The number of amides is 1. The summed E-state index contributed by atoms with van der Waals surface area (Å²) in [5.74, 6) is -0.820. The van der Waals surface area contributed by atoms with Gasteiger partial charge in [-0.1, -0.05) is 42.5 Å². The van der Waals surface area contributed by atoms with Crippen LogP contribution in [0, 0.1) is 0 Å². The molecule has 2 aliphatic rings. The average Bonchev–Trinajstić information content (AvgIpc) is 3.45. The van der Waals surface area contributed by atoms with Crippen molar-refractivity contribution in [2.24, 2.45) is 0 Å². The van der Waals surface area contributed by atoms with E-state index in [1.807, 2.05) is 39.8 Å². The molecule has 2 heterocycles. The van der Waals surface area contributed by atoms with E-state index in [2.05, 4.69) is 5.32 Å². The summed E-state index contributed by atoms with van der Waals surface area (Å²) in [6, 6.07) is 19.2. The molecule has 5 rings (SSSR count). The summed E-state index contributed by atoms with van der Waals surface area (Å²) >= 11 is 0. The van der Waals surface area contributed by atoms with Crippen molar-refractivity contribution in [2.45, 2.75) is 62.7 Å². The molecule has 12 heteroatoms. The molecule has 3 aromatic rings. The summed E-state index contributed by atoms with van der Waals surface area (Å²) in [6.07, 6.45) is 0.156. The van der Waals surface area contributed by atoms with Gasteiger partial charge in [-0.3, -0.25) is 13.9 Å². The Morgan fingerprint density at radius 1 is 0.977 bits per heavy atom. The Morgan fingerprint density at radius 3 is 2.23 bits per heavy atom. The van der Waals surface area contributed by atoms with Crippen molar-refractivity contribution >= 4 is 40.2 Å². The lowest BCUT2D eigenvalue weighted by Gasteiger charge is -2.32. The molecule has 43 heavy (non-hydrogen) atoms. The van der Waals surface area contributed by atoms with E-state index in [0.717, 1.165) is 5.56 Å². The van der Waals surface area contributed by atoms with Crippen LogP contribution in [0.4, 0.5) is 5.69 Å². The minimum absolute atomic E-state index is 0.0527. The minimum atomic E-state index is -4.10. The van der Waals surface area contributed by atoms with E-state index >= 15 is 0 Å². The quantitative estimate of drug-likeness (QED) is 0.266. The lowest BCUT2D eigenvalue weighted by Crippen LogP contribution is -2.48. The second-order valence-corrected chi connectivity index (χ2v) is 13.5. The molecule has 1 fully saturated rings. The summed E-state index contributed by atoms with van der Waals surface area (Å²) in [4.78, 5) is 24.3. The lowest BCUT2D eigenvalue weighted by molar-refractivity contribution is -0.136. The Kier molecular flexibility index (Phi) is 8.30. The summed E-state index contributed by atoms with van der Waals surface area (Å²) in [7, 11) is -4.73. The normalized spacial score (nSPS) is 18.7. The van der Waals surface area contributed by atoms with E-state index in [1.54, 1.807) is 48.5 Å². The van der Waals surface area contributed by atoms with E-state index in [0.29, 0.717) is 22.5 Å². The van der Waals surface area contributed by atoms with Gasteiger partial charge in [-0.2, -0.15) is 0 Å². The second-order valence-electron chi connectivity index (χ2n) is 11.7. The van der Waals surface area contributed by atoms with Crippen molar-refractivity contribution < 1.29 is 37.2 Å². The SMILES string of the molecule is CC1(C)OB(c2ccc(S(=O)(=O)N3c4ccccc4C[C@H]3C(=O)NCCOc3ccc(CC(=O)O)cc3)cc2)OC1(C)C. The smallest absolute Gasteiger partial charge is 0.492 e. The van der Waals surface area contributed by atoms with Gasteiger partial charge in [-0.05, 0) is 74.6 Å². The van der Waals surface area contributed by atoms with Gasteiger partial charge in [0.2, 0.25) is 5.91 Å². The fourth-order valence-electron chi connectivity index (χ4n) is 5.08. The van der Waals surface area contributed by atoms with E-state index in [1.165, 1.54) is 16.4 Å². The third kappa shape index (κ3) is 6.27. The van der Waals surface area contributed by atoms with Crippen LogP contribution in [0.1, 0.15) is 38.8 Å². The van der Waals surface area contributed by atoms with Gasteiger partial charge in [0.1, 0.15) is 18.4 Å². The Labute approximate surface area is 252 Å². The largest absolute Gasteiger partial charge is 0.494 e. The predicted molar refractivity (Wildman–Crippen MR) is 162 cm³/mol. The molecule has 1 atom stereocenters. The summed E-state index contributed by atoms with van der Waals surface area (Å²) in [5, 5.41) is 11.7. The first-order valence-electron chi connectivity index (χ1n) is 14.1. The molecule has 0 aromatic heterocycles. The van der Waals surface area contributed by atoms with Crippen LogP contribution in [0.15, 0.2) is 77.7 Å². The topological polar surface area (TPSA) is 131 Å². The average molecular weight is 607 g/mol. The van der Waals surface area contributed by atoms with Crippen LogP contribution in [0.25, 0.3) is 0 Å². The van der Waals surface area contributed by atoms with Crippen molar-refractivity contribution in [3.8, 4) is 5.75 Å². The molecular weight excluding hydrogens is 571 g/mol. The number of benzene rings is 3. The number of nitrogens with one attached hydrogen (secondary N) is 1. The fourth-order valence-corrected chi connectivity index (χ4v) is 6.73. The maximum atomic E-state index is 14.0. The van der Waals surface area contributed by atoms with Gasteiger partial charge in [-0.15, -0.1) is 0 Å². The molecule has 2 aliphatic heterocycles. The number of fused-ring (bicyclic) bond motifs is 1. The molecule has 226 valence electrons. The Morgan fingerprint density at radius 2 is 1.60 bits per heavy atom. The molecule has 10 nitrogen and oxygen atoms in total. The number of para-hydroxylation sites is 1. The number of carboxylic acid groups (broad SMARTS) is 1. The summed E-state index contributed by atoms with van der Waals surface area (Å²) < 4.78 is 47.0. The highest BCUT2D eigenvalue weighted by Gasteiger charge is 2.51. The number of rotatable bonds is 10. The molecule has 3 aromatic carbocycles. The van der Waals surface area contributed by atoms with Gasteiger partial charge in [0, 0.05) is 6.42 Å². The van der Waals surface area contributed by atoms with Gasteiger partial charge in [-0.25, -0.2) is 8.42 Å². The maximum absolute atomic E-state index is 14.0. The second kappa shape index (κ2) is 11.7. The molecule has 0 bridgehead atoms. The number of sulfonamides is 1. The molecule has 0 radical (unpaired) electrons. The van der Waals surface area contributed by atoms with Crippen LogP contribution in [0.3, 0.4) is 0 Å². The number of anilines is 1. The predicted octanol–water partition coefficient (Wildman–Crippen LogP) is 2.93. The zero-order valence-corrected chi connectivity index (χ0v) is 25.4. The third-order valence-electron chi connectivity index (χ3n) is 8.14. The molecule has 2 N–H and O–H groups in total. The number of carbonyl (C=O) groups excluding carboxylic acids is 1. The standard InChI is InChI=1S/C31H35BN2O8S/c1-30(2)31(3,4)42-32(41-30)23-11-15-25(16-12-23)43(38,39)34-26-8-6-5-7-22(26)20-27(34)29(37)33-17-18-40-24-13-9-21(10-14-24)19-28(35)36/h5-16,27H,17-20H2,1-4H3,(H,33,37)(H,35,36)/t27-/m0/s1. The molecule has 0 saturated carbocycles. The van der Waals surface area contributed by atoms with Crippen LogP contribution in [0.2, 0.25) is 0 Å². The van der Waals surface area contributed by atoms with Gasteiger partial charge in [0.25, 0.3) is 10.0 Å². The van der Waals surface area contributed by atoms with Crippen molar-refractivity contribution in [3.63, 3.8) is 0 Å². The van der Waals surface area contributed by atoms with Gasteiger partial charge >= 0.3 is 13.1 Å². The zero-order chi connectivity index (χ0) is 31.0. The first-order chi connectivity index (χ1) is 20.3. The molecule has 0 aliphatic carbocycles. The van der Waals surface area contributed by atoms with E-state index in [9.17, 15) is 18.0 Å². The van der Waals surface area contributed by atoms with Crippen LogP contribution in [-0.4, -0.2) is 62.9 Å². The van der Waals surface area contributed by atoms with Crippen LogP contribution in [0.5, 0.6) is 5.75 Å². The highest BCUT2D eigenvalue weighted by atomic mass is 32.2. The molecule has 0 spiro atoms. The maximum Gasteiger partial charge on any atom is 0.494 e. The summed E-state index contributed by atoms with van der Waals surface area (Å²) in [6.45, 7) is 8.12. The molecule has 1 amide bonds. The van der Waals surface area contributed by atoms with Crippen LogP contribution >= 0.6 is 0 Å². The fraction of sp³-hybridized carbons (Fsp3) is 0.355. The van der Waals surface area contributed by atoms with Crippen molar-refractivity contribution in [1.29, 1.82) is 0 Å². The number of hydrogen-bond donors (Lipinski definition) is 2. The van der Waals surface area contributed by atoms with Gasteiger partial charge < -0.3 is 24.5 Å². The third-order valence-corrected chi connectivity index (χ3v) is 9.98. The van der Waals surface area contributed by atoms with E-state index in [-0.39, 0.29) is 30.9 Å². The Hall–Kier alpha value is -3.87. The van der Waals surface area contributed by atoms with Crippen LogP contribution in [-0.2, 0) is 41.8 Å². The van der Waals surface area contributed by atoms with Gasteiger partial charge in [0.15, 0.2) is 0 Å². The monoisotopic (exact) mass is 606 g/mol. The first kappa shape index (κ1) is 30.6. The minimum Gasteiger partial charge on any atom is -0.492 e. The number of ether oxygens (including phenoxy) is 1. The Bertz CT molecular complexity index is 1590. The molecule has 1 saturated heterocycles. The number of nitrogens with zero attached hydrogens (tertiary/aromatic N) is 1. The molecule has 0 unspecified atom stereocenters. The van der Waals surface area contributed by atoms with E-state index in [4.69, 9.17) is 19.2 Å². The van der Waals surface area contributed by atoms with Crippen molar-refractivity contribution in [3.05, 3.63) is 83.9 Å².